The molecule has 218 valence electrons. The summed E-state index contributed by atoms with van der Waals surface area (Å²) in [5.41, 5.74) is 9.28. The lowest BCUT2D eigenvalue weighted by Crippen LogP contribution is -1.90. The lowest BCUT2D eigenvalue weighted by atomic mass is 9.85. The minimum atomic E-state index is 0.924. The van der Waals surface area contributed by atoms with Crippen molar-refractivity contribution in [1.82, 2.24) is 0 Å². The minimum absolute atomic E-state index is 0.924. The molecule has 47 heavy (non-hydrogen) atoms. The van der Waals surface area contributed by atoms with Gasteiger partial charge < -0.3 is 4.42 Å². The molecule has 0 saturated carbocycles. The van der Waals surface area contributed by atoms with Crippen molar-refractivity contribution in [2.45, 2.75) is 0 Å². The maximum Gasteiger partial charge on any atom is 0.136 e. The summed E-state index contributed by atoms with van der Waals surface area (Å²) in [5.74, 6) is 0. The molecule has 1 nitrogen and oxygen atoms in total. The van der Waals surface area contributed by atoms with Gasteiger partial charge in [-0.05, 0) is 107 Å². The van der Waals surface area contributed by atoms with E-state index in [1.807, 2.05) is 0 Å². The molecule has 0 saturated heterocycles. The van der Waals surface area contributed by atoms with E-state index in [0.717, 1.165) is 21.9 Å². The van der Waals surface area contributed by atoms with E-state index in [0.29, 0.717) is 0 Å². The van der Waals surface area contributed by atoms with E-state index in [2.05, 4.69) is 170 Å². The van der Waals surface area contributed by atoms with E-state index >= 15 is 0 Å². The highest BCUT2D eigenvalue weighted by atomic mass is 16.3. The van der Waals surface area contributed by atoms with Crippen molar-refractivity contribution < 1.29 is 4.42 Å². The van der Waals surface area contributed by atoms with E-state index in [-0.39, 0.29) is 0 Å². The molecule has 0 spiro atoms. The molecule has 0 bridgehead atoms. The first-order valence-electron chi connectivity index (χ1n) is 16.2. The van der Waals surface area contributed by atoms with Crippen LogP contribution in [0.5, 0.6) is 0 Å². The lowest BCUT2D eigenvalue weighted by molar-refractivity contribution is 0.670. The van der Waals surface area contributed by atoms with Crippen molar-refractivity contribution in [3.05, 3.63) is 170 Å². The summed E-state index contributed by atoms with van der Waals surface area (Å²) < 4.78 is 6.39. The van der Waals surface area contributed by atoms with Crippen molar-refractivity contribution in [2.24, 2.45) is 0 Å². The van der Waals surface area contributed by atoms with Crippen LogP contribution in [0.3, 0.4) is 0 Å². The summed E-state index contributed by atoms with van der Waals surface area (Å²) in [6.07, 6.45) is 0. The molecular formula is C46H28O. The number of hydrogen-bond donors (Lipinski definition) is 0. The standard InChI is InChI=1S/C46H28O/c1-2-10-30(11-3-1)45-37-14-6-8-16-39(37)46(40-17-9-7-15-38(40)45)31-20-18-29(19-21-31)34-22-23-35-26-42-41-25-32-12-4-5-13-33(32)27-43(41)47-44(42)28-36(35)24-34/h1-28H. The Bertz CT molecular complexity index is 2760. The molecule has 0 amide bonds. The third-order valence-electron chi connectivity index (χ3n) is 9.80. The fourth-order valence-electron chi connectivity index (χ4n) is 7.57. The van der Waals surface area contributed by atoms with E-state index in [9.17, 15) is 0 Å². The molecule has 0 atom stereocenters. The molecule has 0 radical (unpaired) electrons. The Morgan fingerprint density at radius 2 is 0.681 bits per heavy atom. The third kappa shape index (κ3) is 4.10. The van der Waals surface area contributed by atoms with Crippen molar-refractivity contribution >= 4 is 65.0 Å². The highest BCUT2D eigenvalue weighted by molar-refractivity contribution is 6.21. The van der Waals surface area contributed by atoms with Crippen LogP contribution in [0, 0.1) is 0 Å². The fourth-order valence-corrected chi connectivity index (χ4v) is 7.57. The molecule has 1 heteroatoms. The summed E-state index contributed by atoms with van der Waals surface area (Å²) in [7, 11) is 0. The number of benzene rings is 9. The second kappa shape index (κ2) is 10.2. The molecule has 0 N–H and O–H groups in total. The van der Waals surface area contributed by atoms with Gasteiger partial charge in [-0.1, -0.05) is 140 Å². The Kier molecular flexibility index (Phi) is 5.64. The van der Waals surface area contributed by atoms with E-state index in [1.54, 1.807) is 0 Å². The van der Waals surface area contributed by atoms with Gasteiger partial charge in [-0.3, -0.25) is 0 Å². The zero-order chi connectivity index (χ0) is 30.9. The van der Waals surface area contributed by atoms with Gasteiger partial charge >= 0.3 is 0 Å². The predicted octanol–water partition coefficient (Wildman–Crippen LogP) is 13.2. The summed E-state index contributed by atoms with van der Waals surface area (Å²) >= 11 is 0. The van der Waals surface area contributed by atoms with Crippen LogP contribution in [0.25, 0.3) is 98.4 Å². The summed E-state index contributed by atoms with van der Waals surface area (Å²) in [6, 6.07) is 61.6. The quantitative estimate of drug-likeness (QED) is 0.185. The molecule has 0 aliphatic rings. The monoisotopic (exact) mass is 596 g/mol. The van der Waals surface area contributed by atoms with Gasteiger partial charge in [0.25, 0.3) is 0 Å². The number of hydrogen-bond acceptors (Lipinski definition) is 1. The zero-order valence-electron chi connectivity index (χ0n) is 25.6. The summed E-state index contributed by atoms with van der Waals surface area (Å²) in [6.45, 7) is 0. The van der Waals surface area contributed by atoms with Crippen LogP contribution in [0.4, 0.5) is 0 Å². The van der Waals surface area contributed by atoms with Crippen molar-refractivity contribution in [3.63, 3.8) is 0 Å². The van der Waals surface area contributed by atoms with Crippen molar-refractivity contribution in [1.29, 1.82) is 0 Å². The molecule has 0 aliphatic heterocycles. The molecule has 10 aromatic rings. The number of fused-ring (bicyclic) bond motifs is 7. The Morgan fingerprint density at radius 1 is 0.255 bits per heavy atom. The minimum Gasteiger partial charge on any atom is -0.456 e. The maximum atomic E-state index is 6.39. The van der Waals surface area contributed by atoms with Crippen molar-refractivity contribution in [2.75, 3.05) is 0 Å². The first-order chi connectivity index (χ1) is 23.3. The van der Waals surface area contributed by atoms with Crippen molar-refractivity contribution in [3.8, 4) is 33.4 Å². The Labute approximate surface area is 271 Å². The van der Waals surface area contributed by atoms with Gasteiger partial charge in [0.05, 0.1) is 0 Å². The summed E-state index contributed by atoms with van der Waals surface area (Å²) in [5, 5.41) is 12.2. The van der Waals surface area contributed by atoms with E-state index < -0.39 is 0 Å². The van der Waals surface area contributed by atoms with Gasteiger partial charge in [0.1, 0.15) is 11.2 Å². The first kappa shape index (κ1) is 26.1. The average molecular weight is 597 g/mol. The molecule has 0 aliphatic carbocycles. The molecule has 1 heterocycles. The van der Waals surface area contributed by atoms with Crippen LogP contribution in [-0.4, -0.2) is 0 Å². The SMILES string of the molecule is c1ccc(-c2c3ccccc3c(-c3ccc(-c4ccc5cc6c(cc5c4)oc4cc5ccccc5cc46)cc3)c3ccccc23)cc1. The zero-order valence-corrected chi connectivity index (χ0v) is 25.6. The maximum absolute atomic E-state index is 6.39. The van der Waals surface area contributed by atoms with Gasteiger partial charge in [-0.25, -0.2) is 0 Å². The molecule has 10 rings (SSSR count). The normalized spacial score (nSPS) is 11.8. The van der Waals surface area contributed by atoms with Crippen LogP contribution in [-0.2, 0) is 0 Å². The van der Waals surface area contributed by atoms with Crippen LogP contribution < -0.4 is 0 Å². The smallest absolute Gasteiger partial charge is 0.136 e. The number of rotatable bonds is 3. The topological polar surface area (TPSA) is 13.1 Å². The fraction of sp³-hybridized carbons (Fsp3) is 0. The first-order valence-corrected chi connectivity index (χ1v) is 16.2. The van der Waals surface area contributed by atoms with E-state index in [1.165, 1.54) is 76.5 Å². The molecule has 0 fully saturated rings. The van der Waals surface area contributed by atoms with Gasteiger partial charge in [0.2, 0.25) is 0 Å². The third-order valence-corrected chi connectivity index (χ3v) is 9.80. The lowest BCUT2D eigenvalue weighted by Gasteiger charge is -2.18. The largest absolute Gasteiger partial charge is 0.456 e. The van der Waals surface area contributed by atoms with Crippen LogP contribution in [0.2, 0.25) is 0 Å². The second-order valence-corrected chi connectivity index (χ2v) is 12.5. The van der Waals surface area contributed by atoms with Gasteiger partial charge in [0, 0.05) is 10.8 Å². The van der Waals surface area contributed by atoms with Gasteiger partial charge in [0.15, 0.2) is 0 Å². The van der Waals surface area contributed by atoms with Crippen LogP contribution >= 0.6 is 0 Å². The Balaban J connectivity index is 1.09. The number of furan rings is 1. The Morgan fingerprint density at radius 3 is 1.28 bits per heavy atom. The Hall–Kier alpha value is -6.18. The van der Waals surface area contributed by atoms with Gasteiger partial charge in [-0.2, -0.15) is 0 Å². The highest BCUT2D eigenvalue weighted by Crippen LogP contribution is 2.44. The van der Waals surface area contributed by atoms with Gasteiger partial charge in [-0.15, -0.1) is 0 Å². The predicted molar refractivity (Wildman–Crippen MR) is 200 cm³/mol. The highest BCUT2D eigenvalue weighted by Gasteiger charge is 2.16. The van der Waals surface area contributed by atoms with E-state index in [4.69, 9.17) is 4.42 Å². The second-order valence-electron chi connectivity index (χ2n) is 12.5. The molecule has 0 unspecified atom stereocenters. The van der Waals surface area contributed by atoms with Crippen LogP contribution in [0.15, 0.2) is 174 Å². The molecule has 9 aromatic carbocycles. The molecule has 1 aromatic heterocycles. The molecular weight excluding hydrogens is 569 g/mol. The average Bonchev–Trinajstić information content (AvgIpc) is 3.47. The van der Waals surface area contributed by atoms with Crippen LogP contribution in [0.1, 0.15) is 0 Å². The summed E-state index contributed by atoms with van der Waals surface area (Å²) in [4.78, 5) is 0.